The molecule has 1 aliphatic carbocycles. The fourth-order valence-electron chi connectivity index (χ4n) is 1.89. The van der Waals surface area contributed by atoms with Crippen LogP contribution >= 0.6 is 0 Å². The molecule has 0 aromatic carbocycles. The molecule has 2 rings (SSSR count). The lowest BCUT2D eigenvalue weighted by atomic mass is 10.2. The van der Waals surface area contributed by atoms with E-state index in [0.717, 1.165) is 43.0 Å². The monoisotopic (exact) mass is 263 g/mol. The van der Waals surface area contributed by atoms with Crippen molar-refractivity contribution in [3.8, 4) is 0 Å². The van der Waals surface area contributed by atoms with Crippen molar-refractivity contribution in [3.63, 3.8) is 0 Å². The Bertz CT molecular complexity index is 445. The van der Waals surface area contributed by atoms with Gasteiger partial charge in [0.15, 0.2) is 0 Å². The van der Waals surface area contributed by atoms with Crippen molar-refractivity contribution in [1.29, 1.82) is 0 Å². The molecule has 1 aliphatic rings. The SMILES string of the molecule is CCNc1ncnc(NCC(=O)NC2CC2)c1CC. The fourth-order valence-corrected chi connectivity index (χ4v) is 1.89. The van der Waals surface area contributed by atoms with E-state index >= 15 is 0 Å². The van der Waals surface area contributed by atoms with Gasteiger partial charge in [-0.15, -0.1) is 0 Å². The van der Waals surface area contributed by atoms with Gasteiger partial charge in [-0.1, -0.05) is 6.92 Å². The number of anilines is 2. The highest BCUT2D eigenvalue weighted by Crippen LogP contribution is 2.20. The highest BCUT2D eigenvalue weighted by atomic mass is 16.2. The lowest BCUT2D eigenvalue weighted by molar-refractivity contribution is -0.119. The van der Waals surface area contributed by atoms with E-state index in [1.54, 1.807) is 0 Å². The Kier molecular flexibility index (Phi) is 4.54. The summed E-state index contributed by atoms with van der Waals surface area (Å²) in [6, 6.07) is 0.391. The standard InChI is InChI=1S/C13H21N5O/c1-3-10-12(14-4-2)16-8-17-13(10)15-7-11(19)18-9-5-6-9/h8-9H,3-7H2,1-2H3,(H,18,19)(H2,14,15,16,17). The van der Waals surface area contributed by atoms with Crippen LogP contribution in [0.5, 0.6) is 0 Å². The minimum absolute atomic E-state index is 0.0215. The molecular formula is C13H21N5O. The van der Waals surface area contributed by atoms with E-state index in [0.29, 0.717) is 6.04 Å². The molecule has 1 saturated carbocycles. The van der Waals surface area contributed by atoms with Crippen molar-refractivity contribution < 1.29 is 4.79 Å². The first-order chi connectivity index (χ1) is 9.24. The number of carbonyl (C=O) groups excluding carboxylic acids is 1. The third kappa shape index (κ3) is 3.81. The van der Waals surface area contributed by atoms with Crippen LogP contribution in [0.4, 0.5) is 11.6 Å². The van der Waals surface area contributed by atoms with Crippen LogP contribution in [0.15, 0.2) is 6.33 Å². The van der Waals surface area contributed by atoms with Gasteiger partial charge in [0.1, 0.15) is 18.0 Å². The smallest absolute Gasteiger partial charge is 0.239 e. The molecule has 19 heavy (non-hydrogen) atoms. The average molecular weight is 263 g/mol. The highest BCUT2D eigenvalue weighted by molar-refractivity contribution is 5.81. The zero-order chi connectivity index (χ0) is 13.7. The fraction of sp³-hybridized carbons (Fsp3) is 0.615. The van der Waals surface area contributed by atoms with Crippen LogP contribution in [-0.2, 0) is 11.2 Å². The summed E-state index contributed by atoms with van der Waals surface area (Å²) in [6.07, 6.45) is 4.53. The van der Waals surface area contributed by atoms with Crippen LogP contribution in [0.25, 0.3) is 0 Å². The van der Waals surface area contributed by atoms with Crippen molar-refractivity contribution >= 4 is 17.5 Å². The van der Waals surface area contributed by atoms with E-state index < -0.39 is 0 Å². The van der Waals surface area contributed by atoms with Gasteiger partial charge in [0, 0.05) is 18.2 Å². The molecule has 3 N–H and O–H groups in total. The maximum Gasteiger partial charge on any atom is 0.239 e. The molecule has 1 amide bonds. The van der Waals surface area contributed by atoms with Gasteiger partial charge in [-0.05, 0) is 26.2 Å². The van der Waals surface area contributed by atoms with Gasteiger partial charge in [-0.2, -0.15) is 0 Å². The summed E-state index contributed by atoms with van der Waals surface area (Å²) >= 11 is 0. The highest BCUT2D eigenvalue weighted by Gasteiger charge is 2.23. The normalized spacial score (nSPS) is 14.0. The van der Waals surface area contributed by atoms with E-state index in [-0.39, 0.29) is 12.5 Å². The minimum atomic E-state index is 0.0215. The minimum Gasteiger partial charge on any atom is -0.370 e. The maximum atomic E-state index is 11.6. The third-order valence-electron chi connectivity index (χ3n) is 3.00. The van der Waals surface area contributed by atoms with Gasteiger partial charge in [-0.3, -0.25) is 4.79 Å². The molecule has 0 radical (unpaired) electrons. The van der Waals surface area contributed by atoms with E-state index in [4.69, 9.17) is 0 Å². The van der Waals surface area contributed by atoms with Crippen LogP contribution < -0.4 is 16.0 Å². The lowest BCUT2D eigenvalue weighted by Crippen LogP contribution is -2.31. The summed E-state index contributed by atoms with van der Waals surface area (Å²) in [5.41, 5.74) is 1.02. The van der Waals surface area contributed by atoms with Crippen LogP contribution in [0.2, 0.25) is 0 Å². The van der Waals surface area contributed by atoms with Crippen molar-refractivity contribution in [1.82, 2.24) is 15.3 Å². The number of nitrogens with one attached hydrogen (secondary N) is 3. The molecule has 0 atom stereocenters. The van der Waals surface area contributed by atoms with Crippen LogP contribution in [0, 0.1) is 0 Å². The number of aromatic nitrogens is 2. The van der Waals surface area contributed by atoms with Crippen LogP contribution in [-0.4, -0.2) is 35.0 Å². The molecule has 6 nitrogen and oxygen atoms in total. The Morgan fingerprint density at radius 3 is 2.53 bits per heavy atom. The largest absolute Gasteiger partial charge is 0.370 e. The first-order valence-electron chi connectivity index (χ1n) is 6.85. The molecule has 0 saturated heterocycles. The summed E-state index contributed by atoms with van der Waals surface area (Å²) in [4.78, 5) is 20.1. The summed E-state index contributed by atoms with van der Waals surface area (Å²) in [6.45, 7) is 5.14. The molecule has 0 aliphatic heterocycles. The number of carbonyl (C=O) groups is 1. The van der Waals surface area contributed by atoms with Gasteiger partial charge in [0.2, 0.25) is 5.91 Å². The van der Waals surface area contributed by atoms with Crippen molar-refractivity contribution in [2.75, 3.05) is 23.7 Å². The Labute approximate surface area is 113 Å². The van der Waals surface area contributed by atoms with E-state index in [1.807, 2.05) is 6.92 Å². The van der Waals surface area contributed by atoms with E-state index in [2.05, 4.69) is 32.8 Å². The Balaban J connectivity index is 1.97. The second-order valence-corrected chi connectivity index (χ2v) is 4.63. The van der Waals surface area contributed by atoms with Gasteiger partial charge in [-0.25, -0.2) is 9.97 Å². The zero-order valence-corrected chi connectivity index (χ0v) is 11.5. The first kappa shape index (κ1) is 13.6. The Morgan fingerprint density at radius 1 is 1.26 bits per heavy atom. The van der Waals surface area contributed by atoms with Gasteiger partial charge < -0.3 is 16.0 Å². The van der Waals surface area contributed by atoms with Gasteiger partial charge in [0.05, 0.1) is 6.54 Å². The number of hydrogen-bond donors (Lipinski definition) is 3. The molecular weight excluding hydrogens is 242 g/mol. The van der Waals surface area contributed by atoms with E-state index in [1.165, 1.54) is 6.33 Å². The first-order valence-corrected chi connectivity index (χ1v) is 6.85. The van der Waals surface area contributed by atoms with Gasteiger partial charge in [0.25, 0.3) is 0 Å². The molecule has 0 spiro atoms. The molecule has 104 valence electrons. The molecule has 1 aromatic heterocycles. The predicted octanol–water partition coefficient (Wildman–Crippen LogP) is 1.16. The third-order valence-corrected chi connectivity index (χ3v) is 3.00. The maximum absolute atomic E-state index is 11.6. The number of nitrogens with zero attached hydrogens (tertiary/aromatic N) is 2. The Morgan fingerprint density at radius 2 is 1.95 bits per heavy atom. The van der Waals surface area contributed by atoms with Gasteiger partial charge >= 0.3 is 0 Å². The van der Waals surface area contributed by atoms with Crippen molar-refractivity contribution in [3.05, 3.63) is 11.9 Å². The van der Waals surface area contributed by atoms with Crippen molar-refractivity contribution in [2.45, 2.75) is 39.2 Å². The number of rotatable bonds is 7. The second kappa shape index (κ2) is 6.36. The molecule has 1 aromatic rings. The predicted molar refractivity (Wildman–Crippen MR) is 75.2 cm³/mol. The van der Waals surface area contributed by atoms with Crippen molar-refractivity contribution in [2.24, 2.45) is 0 Å². The topological polar surface area (TPSA) is 78.9 Å². The molecule has 0 bridgehead atoms. The molecule has 6 heteroatoms. The van der Waals surface area contributed by atoms with Crippen LogP contribution in [0.3, 0.4) is 0 Å². The average Bonchev–Trinajstić information content (AvgIpc) is 3.21. The Hall–Kier alpha value is -1.85. The summed E-state index contributed by atoms with van der Waals surface area (Å²) < 4.78 is 0. The number of hydrogen-bond acceptors (Lipinski definition) is 5. The summed E-state index contributed by atoms with van der Waals surface area (Å²) in [5.74, 6) is 1.60. The molecule has 1 fully saturated rings. The lowest BCUT2D eigenvalue weighted by Gasteiger charge is -2.13. The summed E-state index contributed by atoms with van der Waals surface area (Å²) in [7, 11) is 0. The van der Waals surface area contributed by atoms with E-state index in [9.17, 15) is 4.79 Å². The zero-order valence-electron chi connectivity index (χ0n) is 11.5. The quantitative estimate of drug-likeness (QED) is 0.688. The molecule has 0 unspecified atom stereocenters. The second-order valence-electron chi connectivity index (χ2n) is 4.63. The number of amides is 1. The van der Waals surface area contributed by atoms with Crippen LogP contribution in [0.1, 0.15) is 32.3 Å². The summed E-state index contributed by atoms with van der Waals surface area (Å²) in [5, 5.41) is 9.24. The molecule has 1 heterocycles.